The fraction of sp³-hybridized carbons (Fsp3) is 0.429. The van der Waals surface area contributed by atoms with Crippen molar-refractivity contribution in [3.8, 4) is 0 Å². The molecule has 0 aliphatic carbocycles. The van der Waals surface area contributed by atoms with Gasteiger partial charge >= 0.3 is 5.97 Å². The van der Waals surface area contributed by atoms with Gasteiger partial charge in [-0.2, -0.15) is 10.2 Å². The number of amides is 1. The van der Waals surface area contributed by atoms with Crippen molar-refractivity contribution < 1.29 is 14.7 Å². The van der Waals surface area contributed by atoms with Crippen LogP contribution in [0.5, 0.6) is 0 Å². The molecule has 2 rings (SSSR count). The second-order valence-electron chi connectivity index (χ2n) is 5.36. The molecule has 0 aliphatic rings. The molecule has 2 aromatic heterocycles. The van der Waals surface area contributed by atoms with Crippen molar-refractivity contribution in [2.24, 2.45) is 0 Å². The van der Waals surface area contributed by atoms with Gasteiger partial charge in [0, 0.05) is 18.3 Å². The van der Waals surface area contributed by atoms with E-state index in [2.05, 4.69) is 15.5 Å². The first-order chi connectivity index (χ1) is 10.3. The number of aryl methyl sites for hydroxylation is 1. The molecule has 0 fully saturated rings. The van der Waals surface area contributed by atoms with Gasteiger partial charge in [0.1, 0.15) is 11.9 Å². The summed E-state index contributed by atoms with van der Waals surface area (Å²) in [5, 5.41) is 20.0. The maximum atomic E-state index is 12.2. The third kappa shape index (κ3) is 3.16. The molecule has 2 heterocycles. The number of carboxylic acid groups (broad SMARTS) is 1. The lowest BCUT2D eigenvalue weighted by atomic mass is 10.3. The summed E-state index contributed by atoms with van der Waals surface area (Å²) in [5.74, 6) is -0.833. The summed E-state index contributed by atoms with van der Waals surface area (Å²) in [7, 11) is 0. The fourth-order valence-corrected chi connectivity index (χ4v) is 1.97. The number of hydrogen-bond donors (Lipinski definition) is 2. The molecule has 0 aromatic carbocycles. The van der Waals surface area contributed by atoms with Crippen LogP contribution in [0.3, 0.4) is 0 Å². The van der Waals surface area contributed by atoms with E-state index in [0.29, 0.717) is 5.82 Å². The molecule has 8 nitrogen and oxygen atoms in total. The summed E-state index contributed by atoms with van der Waals surface area (Å²) in [4.78, 5) is 23.1. The molecule has 22 heavy (non-hydrogen) atoms. The molecule has 1 unspecified atom stereocenters. The van der Waals surface area contributed by atoms with Crippen molar-refractivity contribution in [1.82, 2.24) is 19.6 Å². The van der Waals surface area contributed by atoms with E-state index in [1.165, 1.54) is 23.9 Å². The highest BCUT2D eigenvalue weighted by atomic mass is 16.4. The number of aromatic nitrogens is 4. The molecule has 8 heteroatoms. The normalized spacial score (nSPS) is 12.4. The summed E-state index contributed by atoms with van der Waals surface area (Å²) in [6.07, 6.45) is 1.47. The van der Waals surface area contributed by atoms with Crippen molar-refractivity contribution in [3.63, 3.8) is 0 Å². The SMILES string of the molecule is Cc1cc(NC(=O)c2ccn(C(C)C(=O)O)n2)n(C(C)C)n1. The quantitative estimate of drug-likeness (QED) is 0.878. The average Bonchev–Trinajstić information content (AvgIpc) is 3.04. The van der Waals surface area contributed by atoms with Gasteiger partial charge in [-0.1, -0.05) is 0 Å². The second-order valence-corrected chi connectivity index (χ2v) is 5.36. The van der Waals surface area contributed by atoms with E-state index in [4.69, 9.17) is 5.11 Å². The van der Waals surface area contributed by atoms with Crippen molar-refractivity contribution in [2.45, 2.75) is 39.8 Å². The van der Waals surface area contributed by atoms with E-state index in [0.717, 1.165) is 5.69 Å². The second kappa shape index (κ2) is 6.00. The van der Waals surface area contributed by atoms with Gasteiger partial charge in [0.15, 0.2) is 5.69 Å². The van der Waals surface area contributed by atoms with Crippen LogP contribution in [-0.2, 0) is 4.79 Å². The molecule has 1 atom stereocenters. The highest BCUT2D eigenvalue weighted by molar-refractivity contribution is 6.02. The molecular formula is C14H19N5O3. The van der Waals surface area contributed by atoms with E-state index < -0.39 is 17.9 Å². The van der Waals surface area contributed by atoms with E-state index in [9.17, 15) is 9.59 Å². The van der Waals surface area contributed by atoms with Crippen LogP contribution in [-0.4, -0.2) is 36.5 Å². The average molecular weight is 305 g/mol. The van der Waals surface area contributed by atoms with Gasteiger partial charge in [-0.25, -0.2) is 9.48 Å². The minimum absolute atomic E-state index is 0.105. The van der Waals surface area contributed by atoms with E-state index >= 15 is 0 Å². The Balaban J connectivity index is 2.18. The van der Waals surface area contributed by atoms with Gasteiger partial charge in [-0.3, -0.25) is 9.48 Å². The summed E-state index contributed by atoms with van der Waals surface area (Å²) in [6.45, 7) is 7.27. The van der Waals surface area contributed by atoms with Gasteiger partial charge in [0.2, 0.25) is 0 Å². The lowest BCUT2D eigenvalue weighted by Gasteiger charge is -2.11. The van der Waals surface area contributed by atoms with Crippen LogP contribution in [0.25, 0.3) is 0 Å². The number of nitrogens with zero attached hydrogens (tertiary/aromatic N) is 4. The van der Waals surface area contributed by atoms with Crippen molar-refractivity contribution in [3.05, 3.63) is 29.7 Å². The van der Waals surface area contributed by atoms with Gasteiger partial charge in [0.25, 0.3) is 5.91 Å². The Hall–Kier alpha value is -2.64. The molecular weight excluding hydrogens is 286 g/mol. The maximum Gasteiger partial charge on any atom is 0.328 e. The smallest absolute Gasteiger partial charge is 0.328 e. The Morgan fingerprint density at radius 1 is 1.27 bits per heavy atom. The van der Waals surface area contributed by atoms with Gasteiger partial charge in [-0.15, -0.1) is 0 Å². The number of aliphatic carboxylic acids is 1. The summed E-state index contributed by atoms with van der Waals surface area (Å²) < 4.78 is 2.95. The summed E-state index contributed by atoms with van der Waals surface area (Å²) in [5.41, 5.74) is 0.955. The largest absolute Gasteiger partial charge is 0.480 e. The minimum Gasteiger partial charge on any atom is -0.480 e. The van der Waals surface area contributed by atoms with Crippen LogP contribution in [0, 0.1) is 6.92 Å². The van der Waals surface area contributed by atoms with Crippen LogP contribution >= 0.6 is 0 Å². The Bertz CT molecular complexity index is 701. The Kier molecular flexibility index (Phi) is 4.30. The lowest BCUT2D eigenvalue weighted by molar-refractivity contribution is -0.140. The molecule has 0 radical (unpaired) electrons. The zero-order valence-corrected chi connectivity index (χ0v) is 12.9. The number of rotatable bonds is 5. The maximum absolute atomic E-state index is 12.2. The van der Waals surface area contributed by atoms with E-state index in [1.54, 1.807) is 10.7 Å². The van der Waals surface area contributed by atoms with Gasteiger partial charge in [0.05, 0.1) is 5.69 Å². The van der Waals surface area contributed by atoms with Crippen LogP contribution in [0.2, 0.25) is 0 Å². The monoisotopic (exact) mass is 305 g/mol. The molecule has 118 valence electrons. The first-order valence-corrected chi connectivity index (χ1v) is 6.95. The number of anilines is 1. The van der Waals surface area contributed by atoms with Crippen LogP contribution in [0.15, 0.2) is 18.3 Å². The highest BCUT2D eigenvalue weighted by Crippen LogP contribution is 2.17. The Morgan fingerprint density at radius 3 is 2.55 bits per heavy atom. The summed E-state index contributed by atoms with van der Waals surface area (Å²) >= 11 is 0. The van der Waals surface area contributed by atoms with Gasteiger partial charge in [-0.05, 0) is 33.8 Å². The molecule has 1 amide bonds. The van der Waals surface area contributed by atoms with E-state index in [-0.39, 0.29) is 11.7 Å². The minimum atomic E-state index is -1.01. The van der Waals surface area contributed by atoms with E-state index in [1.807, 2.05) is 20.8 Å². The highest BCUT2D eigenvalue weighted by Gasteiger charge is 2.18. The molecule has 0 aliphatic heterocycles. The first kappa shape index (κ1) is 15.7. The molecule has 0 saturated carbocycles. The van der Waals surface area contributed by atoms with Gasteiger partial charge < -0.3 is 10.4 Å². The number of carbonyl (C=O) groups excluding carboxylic acids is 1. The predicted molar refractivity (Wildman–Crippen MR) is 79.9 cm³/mol. The molecule has 0 bridgehead atoms. The van der Waals surface area contributed by atoms with Crippen molar-refractivity contribution >= 4 is 17.7 Å². The summed E-state index contributed by atoms with van der Waals surface area (Å²) in [6, 6.07) is 2.53. The van der Waals surface area contributed by atoms with Crippen LogP contribution < -0.4 is 5.32 Å². The Labute approximate surface area is 127 Å². The zero-order valence-electron chi connectivity index (χ0n) is 12.9. The molecule has 0 saturated heterocycles. The standard InChI is InChI=1S/C14H19N5O3/c1-8(2)19-12(7-9(3)16-19)15-13(20)11-5-6-18(17-11)10(4)14(21)22/h5-8,10H,1-4H3,(H,15,20)(H,21,22). The number of nitrogens with one attached hydrogen (secondary N) is 1. The van der Waals surface area contributed by atoms with Crippen LogP contribution in [0.1, 0.15) is 49.0 Å². The Morgan fingerprint density at radius 2 is 1.95 bits per heavy atom. The number of carboxylic acids is 1. The number of carbonyl (C=O) groups is 2. The molecule has 2 aromatic rings. The molecule has 0 spiro atoms. The predicted octanol–water partition coefficient (Wildman–Crippen LogP) is 1.87. The van der Waals surface area contributed by atoms with Crippen LogP contribution in [0.4, 0.5) is 5.82 Å². The fourth-order valence-electron chi connectivity index (χ4n) is 1.97. The first-order valence-electron chi connectivity index (χ1n) is 6.95. The molecule has 2 N–H and O–H groups in total. The lowest BCUT2D eigenvalue weighted by Crippen LogP contribution is -2.19. The van der Waals surface area contributed by atoms with Crippen molar-refractivity contribution in [1.29, 1.82) is 0 Å². The number of hydrogen-bond acceptors (Lipinski definition) is 4. The third-order valence-corrected chi connectivity index (χ3v) is 3.18. The third-order valence-electron chi connectivity index (χ3n) is 3.18. The topological polar surface area (TPSA) is 102 Å². The van der Waals surface area contributed by atoms with Crippen molar-refractivity contribution in [2.75, 3.05) is 5.32 Å². The zero-order chi connectivity index (χ0) is 16.4.